The van der Waals surface area contributed by atoms with Crippen molar-refractivity contribution >= 4 is 7.67 Å². The van der Waals surface area contributed by atoms with E-state index in [4.69, 9.17) is 15.1 Å². The minimum atomic E-state index is -3.06. The molecule has 0 aromatic heterocycles. The van der Waals surface area contributed by atoms with Crippen LogP contribution in [0.5, 0.6) is 0 Å². The van der Waals surface area contributed by atoms with Crippen LogP contribution in [0.4, 0.5) is 0 Å². The van der Waals surface area contributed by atoms with E-state index in [1.54, 1.807) is 25.9 Å². The standard InChI is InChI=1S/C13H34N5O3P/c1-7-13(20-6)10-18(8-2)22(19,17(4)5)21-11-12(3)9-15-16-14/h12-13,15-16H,7-11,14H2,1-6H3. The first-order valence-corrected chi connectivity index (χ1v) is 9.27. The lowest BCUT2D eigenvalue weighted by atomic mass is 10.2. The largest absolute Gasteiger partial charge is 0.380 e. The average molecular weight is 339 g/mol. The maximum absolute atomic E-state index is 13.3. The highest BCUT2D eigenvalue weighted by Gasteiger charge is 2.35. The summed E-state index contributed by atoms with van der Waals surface area (Å²) in [7, 11) is 2.18. The Morgan fingerprint density at radius 3 is 2.36 bits per heavy atom. The molecule has 0 bridgehead atoms. The van der Waals surface area contributed by atoms with Gasteiger partial charge in [0.15, 0.2) is 0 Å². The number of rotatable bonds is 13. The molecule has 0 aromatic rings. The van der Waals surface area contributed by atoms with Crippen LogP contribution >= 0.6 is 7.67 Å². The van der Waals surface area contributed by atoms with Crippen LogP contribution in [0.2, 0.25) is 0 Å². The Morgan fingerprint density at radius 1 is 1.32 bits per heavy atom. The number of nitrogens with zero attached hydrogens (tertiary/aromatic N) is 2. The van der Waals surface area contributed by atoms with Crippen molar-refractivity contribution in [1.29, 1.82) is 0 Å². The molecule has 0 aliphatic rings. The Bertz CT molecular complexity index is 329. The molecular formula is C13H34N5O3P. The molecule has 0 aliphatic carbocycles. The SMILES string of the molecule is CCC(CN(CC)P(=O)(OCC(C)CNNN)N(C)C)OC. The second-order valence-electron chi connectivity index (χ2n) is 5.54. The molecule has 3 atom stereocenters. The predicted molar refractivity (Wildman–Crippen MR) is 90.1 cm³/mol. The van der Waals surface area contributed by atoms with E-state index in [9.17, 15) is 4.57 Å². The van der Waals surface area contributed by atoms with E-state index in [0.717, 1.165) is 6.42 Å². The molecule has 22 heavy (non-hydrogen) atoms. The highest BCUT2D eigenvalue weighted by molar-refractivity contribution is 7.53. The minimum Gasteiger partial charge on any atom is -0.380 e. The molecule has 0 aromatic carbocycles. The van der Waals surface area contributed by atoms with Crippen molar-refractivity contribution in [2.45, 2.75) is 33.3 Å². The zero-order chi connectivity index (χ0) is 17.2. The van der Waals surface area contributed by atoms with Crippen LogP contribution in [0.25, 0.3) is 0 Å². The highest BCUT2D eigenvalue weighted by atomic mass is 31.2. The fourth-order valence-corrected chi connectivity index (χ4v) is 4.08. The summed E-state index contributed by atoms with van der Waals surface area (Å²) in [5, 5.41) is 0. The molecule has 0 heterocycles. The summed E-state index contributed by atoms with van der Waals surface area (Å²) in [5.41, 5.74) is 5.20. The summed E-state index contributed by atoms with van der Waals surface area (Å²) in [6, 6.07) is 0. The van der Waals surface area contributed by atoms with Gasteiger partial charge in [0.1, 0.15) is 0 Å². The molecule has 0 rings (SSSR count). The van der Waals surface area contributed by atoms with Gasteiger partial charge in [-0.2, -0.15) is 5.53 Å². The summed E-state index contributed by atoms with van der Waals surface area (Å²) in [4.78, 5) is 0. The molecule has 0 saturated heterocycles. The van der Waals surface area contributed by atoms with Gasteiger partial charge in [-0.15, -0.1) is 0 Å². The minimum absolute atomic E-state index is 0.0392. The molecule has 4 N–H and O–H groups in total. The molecule has 0 spiro atoms. The van der Waals surface area contributed by atoms with Gasteiger partial charge in [-0.1, -0.05) is 20.8 Å². The van der Waals surface area contributed by atoms with Crippen molar-refractivity contribution in [3.8, 4) is 0 Å². The van der Waals surface area contributed by atoms with Gasteiger partial charge in [0.2, 0.25) is 0 Å². The normalized spacial score (nSPS) is 17.7. The molecular weight excluding hydrogens is 305 g/mol. The molecule has 0 saturated carbocycles. The van der Waals surface area contributed by atoms with Gasteiger partial charge in [-0.05, 0) is 26.4 Å². The quantitative estimate of drug-likeness (QED) is 0.260. The van der Waals surface area contributed by atoms with Crippen LogP contribution in [0.15, 0.2) is 0 Å². The third kappa shape index (κ3) is 7.02. The van der Waals surface area contributed by atoms with Gasteiger partial charge in [-0.25, -0.2) is 14.8 Å². The first-order chi connectivity index (χ1) is 10.3. The van der Waals surface area contributed by atoms with E-state index in [0.29, 0.717) is 26.2 Å². The van der Waals surface area contributed by atoms with Gasteiger partial charge in [0.25, 0.3) is 0 Å². The lowest BCUT2D eigenvalue weighted by molar-refractivity contribution is 0.0743. The molecule has 134 valence electrons. The van der Waals surface area contributed by atoms with E-state index in [1.807, 2.05) is 18.5 Å². The lowest BCUT2D eigenvalue weighted by Crippen LogP contribution is -2.41. The zero-order valence-electron chi connectivity index (χ0n) is 14.8. The topological polar surface area (TPSA) is 92.1 Å². The molecule has 3 unspecified atom stereocenters. The first kappa shape index (κ1) is 21.9. The molecule has 0 amide bonds. The summed E-state index contributed by atoms with van der Waals surface area (Å²) in [5.74, 6) is 5.35. The molecule has 8 nitrogen and oxygen atoms in total. The summed E-state index contributed by atoms with van der Waals surface area (Å²) >= 11 is 0. The van der Waals surface area contributed by atoms with Crippen molar-refractivity contribution in [2.75, 3.05) is 47.4 Å². The Morgan fingerprint density at radius 2 is 1.95 bits per heavy atom. The van der Waals surface area contributed by atoms with E-state index in [-0.39, 0.29) is 12.0 Å². The van der Waals surface area contributed by atoms with Gasteiger partial charge in [0.05, 0.1) is 12.7 Å². The smallest absolute Gasteiger partial charge is 0.345 e. The van der Waals surface area contributed by atoms with Crippen molar-refractivity contribution in [3.63, 3.8) is 0 Å². The second kappa shape index (κ2) is 11.5. The third-order valence-electron chi connectivity index (χ3n) is 3.51. The molecule has 9 heteroatoms. The molecule has 0 radical (unpaired) electrons. The number of nitrogens with one attached hydrogen (secondary N) is 2. The van der Waals surface area contributed by atoms with Crippen molar-refractivity contribution in [3.05, 3.63) is 0 Å². The van der Waals surface area contributed by atoms with E-state index < -0.39 is 7.67 Å². The van der Waals surface area contributed by atoms with Gasteiger partial charge in [0, 0.05) is 26.7 Å². The molecule has 0 fully saturated rings. The predicted octanol–water partition coefficient (Wildman–Crippen LogP) is 1.02. The number of nitrogens with two attached hydrogens (primary N) is 1. The van der Waals surface area contributed by atoms with E-state index >= 15 is 0 Å². The van der Waals surface area contributed by atoms with Crippen molar-refractivity contribution < 1.29 is 13.8 Å². The Kier molecular flexibility index (Phi) is 11.5. The Labute approximate surface area is 135 Å². The number of likely N-dealkylation sites (N-methyl/N-ethyl adjacent to an activating group) is 1. The van der Waals surface area contributed by atoms with Gasteiger partial charge < -0.3 is 9.26 Å². The lowest BCUT2D eigenvalue weighted by Gasteiger charge is -2.36. The second-order valence-corrected chi connectivity index (χ2v) is 8.14. The first-order valence-electron chi connectivity index (χ1n) is 7.74. The third-order valence-corrected chi connectivity index (χ3v) is 6.17. The van der Waals surface area contributed by atoms with Crippen LogP contribution < -0.4 is 16.8 Å². The maximum Gasteiger partial charge on any atom is 0.345 e. The highest BCUT2D eigenvalue weighted by Crippen LogP contribution is 2.52. The number of hydrogen-bond acceptors (Lipinski definition) is 6. The summed E-state index contributed by atoms with van der Waals surface area (Å²) in [6.07, 6.45) is 0.903. The van der Waals surface area contributed by atoms with Crippen LogP contribution in [0, 0.1) is 5.92 Å². The van der Waals surface area contributed by atoms with Crippen LogP contribution in [-0.4, -0.2) is 62.9 Å². The van der Waals surface area contributed by atoms with Crippen LogP contribution in [0.1, 0.15) is 27.2 Å². The fraction of sp³-hybridized carbons (Fsp3) is 1.00. The van der Waals surface area contributed by atoms with Gasteiger partial charge in [-0.3, -0.25) is 10.4 Å². The average Bonchev–Trinajstić information content (AvgIpc) is 2.51. The van der Waals surface area contributed by atoms with Crippen LogP contribution in [0.3, 0.4) is 0 Å². The van der Waals surface area contributed by atoms with Crippen LogP contribution in [-0.2, 0) is 13.8 Å². The zero-order valence-corrected chi connectivity index (χ0v) is 15.7. The summed E-state index contributed by atoms with van der Waals surface area (Å²) in [6.45, 7) is 8.26. The number of methoxy groups -OCH3 is 1. The monoisotopic (exact) mass is 339 g/mol. The Balaban J connectivity index is 4.85. The Hall–Kier alpha value is -0.0500. The van der Waals surface area contributed by atoms with Crippen molar-refractivity contribution in [2.24, 2.45) is 11.8 Å². The maximum atomic E-state index is 13.3. The molecule has 0 aliphatic heterocycles. The fourth-order valence-electron chi connectivity index (χ4n) is 1.98. The van der Waals surface area contributed by atoms with E-state index in [2.05, 4.69) is 17.9 Å². The van der Waals surface area contributed by atoms with Crippen molar-refractivity contribution in [1.82, 2.24) is 20.3 Å². The number of hydrogen-bond donors (Lipinski definition) is 3. The summed E-state index contributed by atoms with van der Waals surface area (Å²) < 4.78 is 28.1. The number of ether oxygens (including phenoxy) is 1. The number of hydrazine groups is 2. The van der Waals surface area contributed by atoms with Gasteiger partial charge >= 0.3 is 7.67 Å². The van der Waals surface area contributed by atoms with E-state index in [1.165, 1.54) is 0 Å².